The van der Waals surface area contributed by atoms with Crippen LogP contribution in [0.2, 0.25) is 0 Å². The summed E-state index contributed by atoms with van der Waals surface area (Å²) in [6.07, 6.45) is -2.33. The van der Waals surface area contributed by atoms with Crippen LogP contribution in [0.25, 0.3) is 0 Å². The first-order valence-corrected chi connectivity index (χ1v) is 1.90. The Morgan fingerprint density at radius 2 is 1.62 bits per heavy atom. The minimum absolute atomic E-state index is 0. The Bertz CT molecular complexity index is 63.1. The fourth-order valence-corrected chi connectivity index (χ4v) is 0. The van der Waals surface area contributed by atoms with E-state index < -0.39 is 14.9 Å². The van der Waals surface area contributed by atoms with Gasteiger partial charge in [0.05, 0.1) is 0 Å². The molecule has 1 atom stereocenters. The Balaban J connectivity index is -0.0000000575. The fraction of sp³-hybridized carbons (Fsp3) is 0. The largest absolute Gasteiger partial charge is 0.492 e. The summed E-state index contributed by atoms with van der Waals surface area (Å²) in [5.74, 6) is 0. The van der Waals surface area contributed by atoms with E-state index in [1.807, 2.05) is 0 Å². The van der Waals surface area contributed by atoms with Crippen LogP contribution in [0.3, 0.4) is 0 Å². The Morgan fingerprint density at radius 3 is 1.62 bits per heavy atom. The number of rotatable bonds is 0. The normalized spacial score (nSPS) is 5.75. The predicted molar refractivity (Wildman–Crippen MR) is 20.4 cm³/mol. The molecular weight excluding hydrogens is 178 g/mol. The van der Waals surface area contributed by atoms with Crippen molar-refractivity contribution < 1.29 is 41.1 Å². The molecular formula is CH3CrFO4P+. The molecule has 1 unspecified atom stereocenters. The average molecular weight is 181 g/mol. The molecule has 0 fully saturated rings. The van der Waals surface area contributed by atoms with Gasteiger partial charge >= 0.3 is 14.9 Å². The van der Waals surface area contributed by atoms with Crippen molar-refractivity contribution in [2.75, 3.05) is 0 Å². The summed E-state index contributed by atoms with van der Waals surface area (Å²) in [5.41, 5.74) is 0. The summed E-state index contributed by atoms with van der Waals surface area (Å²) in [7, 11) is -1.17. The van der Waals surface area contributed by atoms with E-state index in [1.165, 1.54) is 0 Å². The van der Waals surface area contributed by atoms with E-state index in [0.29, 0.717) is 0 Å². The summed E-state index contributed by atoms with van der Waals surface area (Å²) in [5, 5.41) is 6.75. The minimum Gasteiger partial charge on any atom is -0.456 e. The zero-order chi connectivity index (χ0) is 6.28. The summed E-state index contributed by atoms with van der Waals surface area (Å²) in [6.45, 7) is 0. The van der Waals surface area contributed by atoms with Crippen LogP contribution >= 0.6 is 8.69 Å². The standard InChI is InChI=1S/CHFO2.Cr.HO2P/c2-1(3)4;;1-3-2/h(H,3,4);;3H/p+1. The van der Waals surface area contributed by atoms with Crippen LogP contribution in [-0.2, 0) is 21.9 Å². The quantitative estimate of drug-likeness (QED) is 0.422. The van der Waals surface area contributed by atoms with Crippen molar-refractivity contribution in [1.29, 1.82) is 0 Å². The predicted octanol–water partition coefficient (Wildman–Crippen LogP) is 0.549. The zero-order valence-electron chi connectivity index (χ0n) is 3.50. The van der Waals surface area contributed by atoms with Crippen molar-refractivity contribution in [2.24, 2.45) is 0 Å². The first kappa shape index (κ1) is 15.7. The molecule has 0 aromatic carbocycles. The van der Waals surface area contributed by atoms with Crippen LogP contribution in [0, 0.1) is 0 Å². The summed E-state index contributed by atoms with van der Waals surface area (Å²) >= 11 is 0. The van der Waals surface area contributed by atoms with Crippen LogP contribution in [-0.4, -0.2) is 16.2 Å². The second kappa shape index (κ2) is 15.8. The van der Waals surface area contributed by atoms with Gasteiger partial charge in [0, 0.05) is 17.4 Å². The molecule has 8 heavy (non-hydrogen) atoms. The molecule has 0 rings (SSSR count). The summed E-state index contributed by atoms with van der Waals surface area (Å²) < 4.78 is 18.4. The average Bonchev–Trinajstić information content (AvgIpc) is 1.33. The number of hydrogen-bond acceptors (Lipinski definition) is 2. The molecule has 0 radical (unpaired) electrons. The van der Waals surface area contributed by atoms with Crippen LogP contribution in [0.1, 0.15) is 0 Å². The van der Waals surface area contributed by atoms with Gasteiger partial charge in [0.2, 0.25) is 0 Å². The van der Waals surface area contributed by atoms with Crippen molar-refractivity contribution in [3.05, 3.63) is 0 Å². The Kier molecular flexibility index (Phi) is 30.9. The third kappa shape index (κ3) is 2630000. The molecule has 0 aliphatic heterocycles. The van der Waals surface area contributed by atoms with Gasteiger partial charge in [0.15, 0.2) is 0 Å². The van der Waals surface area contributed by atoms with E-state index in [0.717, 1.165) is 0 Å². The van der Waals surface area contributed by atoms with Gasteiger partial charge in [-0.15, -0.1) is 4.39 Å². The number of carbonyl (C=O) groups is 1. The zero-order valence-corrected chi connectivity index (χ0v) is 5.77. The number of halogens is 1. The van der Waals surface area contributed by atoms with E-state index in [2.05, 4.69) is 0 Å². The SMILES string of the molecule is O=C(O)F.O=[PH+]O.[Cr]. The van der Waals surface area contributed by atoms with E-state index in [4.69, 9.17) is 19.4 Å². The second-order valence-electron chi connectivity index (χ2n) is 0.344. The summed E-state index contributed by atoms with van der Waals surface area (Å²) in [4.78, 5) is 15.4. The summed E-state index contributed by atoms with van der Waals surface area (Å²) in [6, 6.07) is 0. The third-order valence-corrected chi connectivity index (χ3v) is 0. The first-order valence-electron chi connectivity index (χ1n) is 1.04. The molecule has 2 N–H and O–H groups in total. The molecule has 48 valence electrons. The molecule has 0 saturated heterocycles. The van der Waals surface area contributed by atoms with Crippen molar-refractivity contribution in [3.63, 3.8) is 0 Å². The maximum atomic E-state index is 9.92. The van der Waals surface area contributed by atoms with E-state index in [1.54, 1.807) is 0 Å². The molecule has 0 saturated carbocycles. The minimum atomic E-state index is -2.33. The number of hydrogen-bond donors (Lipinski definition) is 2. The Hall–Kier alpha value is -0.00753. The molecule has 4 nitrogen and oxygen atoms in total. The first-order chi connectivity index (χ1) is 3.15. The van der Waals surface area contributed by atoms with Crippen molar-refractivity contribution in [2.45, 2.75) is 0 Å². The van der Waals surface area contributed by atoms with Gasteiger partial charge in [0.1, 0.15) is 0 Å². The molecule has 0 aliphatic carbocycles. The van der Waals surface area contributed by atoms with E-state index in [-0.39, 0.29) is 17.4 Å². The molecule has 0 amide bonds. The van der Waals surface area contributed by atoms with Gasteiger partial charge < -0.3 is 5.11 Å². The van der Waals surface area contributed by atoms with Gasteiger partial charge in [-0.1, -0.05) is 0 Å². The maximum absolute atomic E-state index is 9.92. The van der Waals surface area contributed by atoms with Gasteiger partial charge in [-0.3, -0.25) is 0 Å². The van der Waals surface area contributed by atoms with E-state index >= 15 is 0 Å². The molecule has 0 aromatic rings. The topological polar surface area (TPSA) is 74.6 Å². The smallest absolute Gasteiger partial charge is 0.456 e. The van der Waals surface area contributed by atoms with Gasteiger partial charge in [0.25, 0.3) is 0 Å². The Morgan fingerprint density at radius 1 is 1.62 bits per heavy atom. The van der Waals surface area contributed by atoms with Crippen LogP contribution in [0.4, 0.5) is 9.18 Å². The maximum Gasteiger partial charge on any atom is 0.492 e. The number of carboxylic acid groups (broad SMARTS) is 1. The van der Waals surface area contributed by atoms with Crippen molar-refractivity contribution in [3.8, 4) is 0 Å². The van der Waals surface area contributed by atoms with Crippen LogP contribution in [0.5, 0.6) is 0 Å². The van der Waals surface area contributed by atoms with Crippen LogP contribution < -0.4 is 0 Å². The molecule has 0 bridgehead atoms. The molecule has 0 aliphatic rings. The molecule has 0 heterocycles. The molecule has 0 spiro atoms. The fourth-order valence-electron chi connectivity index (χ4n) is 0. The monoisotopic (exact) mass is 181 g/mol. The van der Waals surface area contributed by atoms with Crippen molar-refractivity contribution >= 4 is 14.9 Å². The van der Waals surface area contributed by atoms with Gasteiger partial charge in [-0.25, -0.2) is 4.79 Å². The van der Waals surface area contributed by atoms with Gasteiger partial charge in [-0.05, 0) is 4.57 Å². The van der Waals surface area contributed by atoms with Crippen LogP contribution in [0.15, 0.2) is 0 Å². The molecule has 7 heteroatoms. The van der Waals surface area contributed by atoms with Gasteiger partial charge in [-0.2, -0.15) is 4.89 Å². The van der Waals surface area contributed by atoms with E-state index in [9.17, 15) is 4.39 Å². The Labute approximate surface area is 56.7 Å². The van der Waals surface area contributed by atoms with Crippen molar-refractivity contribution in [1.82, 2.24) is 0 Å². The molecule has 0 aromatic heterocycles. The second-order valence-corrected chi connectivity index (χ2v) is 0.527. The third-order valence-electron chi connectivity index (χ3n) is 0.